The molecule has 0 aliphatic heterocycles. The molecule has 23 heavy (non-hydrogen) atoms. The van der Waals surface area contributed by atoms with Gasteiger partial charge in [-0.05, 0) is 48.6 Å². The van der Waals surface area contributed by atoms with Gasteiger partial charge in [0.15, 0.2) is 0 Å². The Hall–Kier alpha value is -1.26. The Kier molecular flexibility index (Phi) is 6.31. The quantitative estimate of drug-likeness (QED) is 0.640. The van der Waals surface area contributed by atoms with E-state index < -0.39 is 0 Å². The van der Waals surface area contributed by atoms with Gasteiger partial charge in [0.1, 0.15) is 0 Å². The zero-order valence-electron chi connectivity index (χ0n) is 13.9. The lowest BCUT2D eigenvalue weighted by Gasteiger charge is -2.16. The number of hydrogen-bond acceptors (Lipinski definition) is 2. The van der Waals surface area contributed by atoms with E-state index in [2.05, 4.69) is 60.2 Å². The average Bonchev–Trinajstić information content (AvgIpc) is 2.50. The highest BCUT2D eigenvalue weighted by atomic mass is 79.9. The number of benzene rings is 2. The molecule has 2 rings (SSSR count). The van der Waals surface area contributed by atoms with Gasteiger partial charge in [-0.3, -0.25) is 4.79 Å². The number of aryl methyl sites for hydroxylation is 2. The molecule has 0 saturated heterocycles. The number of halogens is 1. The van der Waals surface area contributed by atoms with E-state index in [0.717, 1.165) is 20.6 Å². The summed E-state index contributed by atoms with van der Waals surface area (Å²) >= 11 is 5.04. The largest absolute Gasteiger partial charge is 0.325 e. The second kappa shape index (κ2) is 8.02. The molecule has 0 bridgehead atoms. The Labute approximate surface area is 151 Å². The second-order valence-electron chi connectivity index (χ2n) is 5.94. The van der Waals surface area contributed by atoms with Crippen molar-refractivity contribution in [1.82, 2.24) is 0 Å². The van der Waals surface area contributed by atoms with Crippen molar-refractivity contribution in [2.24, 2.45) is 0 Å². The van der Waals surface area contributed by atoms with Crippen LogP contribution in [-0.2, 0) is 4.79 Å². The van der Waals surface area contributed by atoms with Gasteiger partial charge in [-0.15, -0.1) is 11.8 Å². The molecule has 0 atom stereocenters. The van der Waals surface area contributed by atoms with Crippen LogP contribution in [0, 0.1) is 13.8 Å². The van der Waals surface area contributed by atoms with Crippen LogP contribution in [0.25, 0.3) is 0 Å². The number of para-hydroxylation sites is 1. The number of carbonyl (C=O) groups is 1. The van der Waals surface area contributed by atoms with Gasteiger partial charge in [0.25, 0.3) is 0 Å². The molecule has 0 aliphatic carbocycles. The monoisotopic (exact) mass is 391 g/mol. The van der Waals surface area contributed by atoms with Gasteiger partial charge in [0.2, 0.25) is 5.91 Å². The van der Waals surface area contributed by atoms with Gasteiger partial charge in [0, 0.05) is 15.1 Å². The first-order valence-electron chi connectivity index (χ1n) is 7.66. The van der Waals surface area contributed by atoms with Crippen LogP contribution in [0.2, 0.25) is 0 Å². The van der Waals surface area contributed by atoms with E-state index in [0.29, 0.717) is 11.7 Å². The van der Waals surface area contributed by atoms with Gasteiger partial charge in [-0.2, -0.15) is 0 Å². The summed E-state index contributed by atoms with van der Waals surface area (Å²) in [5.74, 6) is 0.819. The highest BCUT2D eigenvalue weighted by Crippen LogP contribution is 2.29. The topological polar surface area (TPSA) is 29.1 Å². The number of nitrogens with one attached hydrogen (secondary N) is 1. The average molecular weight is 392 g/mol. The minimum Gasteiger partial charge on any atom is -0.325 e. The number of rotatable bonds is 5. The molecule has 0 aromatic heterocycles. The van der Waals surface area contributed by atoms with Gasteiger partial charge in [-0.25, -0.2) is 0 Å². The lowest BCUT2D eigenvalue weighted by atomic mass is 9.98. The third kappa shape index (κ3) is 4.85. The second-order valence-corrected chi connectivity index (χ2v) is 7.87. The van der Waals surface area contributed by atoms with Crippen LogP contribution in [0.3, 0.4) is 0 Å². The van der Waals surface area contributed by atoms with Crippen molar-refractivity contribution in [3.63, 3.8) is 0 Å². The molecule has 0 saturated carbocycles. The molecule has 1 amide bonds. The standard InChI is InChI=1S/C19H22BrNOS/c1-12(2)16-7-5-6-14(4)19(16)21-18(22)11-23-17-10-15(20)9-8-13(17)3/h5-10,12H,11H2,1-4H3,(H,21,22). The first kappa shape index (κ1) is 18.1. The van der Waals surface area contributed by atoms with E-state index in [4.69, 9.17) is 0 Å². The minimum absolute atomic E-state index is 0.0329. The fourth-order valence-corrected chi connectivity index (χ4v) is 3.77. The first-order valence-corrected chi connectivity index (χ1v) is 9.44. The highest BCUT2D eigenvalue weighted by molar-refractivity contribution is 9.10. The van der Waals surface area contributed by atoms with Crippen molar-refractivity contribution in [1.29, 1.82) is 0 Å². The Bertz CT molecular complexity index is 713. The zero-order chi connectivity index (χ0) is 17.0. The molecule has 0 heterocycles. The molecule has 0 radical (unpaired) electrons. The summed E-state index contributed by atoms with van der Waals surface area (Å²) in [6, 6.07) is 12.3. The van der Waals surface area contributed by atoms with Gasteiger partial charge >= 0.3 is 0 Å². The predicted octanol–water partition coefficient (Wildman–Crippen LogP) is 5.92. The number of anilines is 1. The van der Waals surface area contributed by atoms with E-state index in [1.807, 2.05) is 25.1 Å². The molecule has 4 heteroatoms. The molecule has 2 aromatic carbocycles. The van der Waals surface area contributed by atoms with Crippen molar-refractivity contribution >= 4 is 39.3 Å². The molecule has 0 aliphatic rings. The summed E-state index contributed by atoms with van der Waals surface area (Å²) in [4.78, 5) is 13.5. The normalized spacial score (nSPS) is 10.9. The fourth-order valence-electron chi connectivity index (χ4n) is 2.39. The van der Waals surface area contributed by atoms with Gasteiger partial charge < -0.3 is 5.32 Å². The third-order valence-corrected chi connectivity index (χ3v) is 5.35. The van der Waals surface area contributed by atoms with Crippen molar-refractivity contribution in [2.45, 2.75) is 38.5 Å². The molecule has 2 aromatic rings. The number of carbonyl (C=O) groups excluding carboxylic acids is 1. The van der Waals surface area contributed by atoms with Crippen molar-refractivity contribution in [2.75, 3.05) is 11.1 Å². The summed E-state index contributed by atoms with van der Waals surface area (Å²) < 4.78 is 1.03. The Morgan fingerprint density at radius 1 is 1.17 bits per heavy atom. The number of hydrogen-bond donors (Lipinski definition) is 1. The highest BCUT2D eigenvalue weighted by Gasteiger charge is 2.12. The SMILES string of the molecule is Cc1ccc(Br)cc1SCC(=O)Nc1c(C)cccc1C(C)C. The third-order valence-electron chi connectivity index (χ3n) is 3.70. The maximum absolute atomic E-state index is 12.4. The van der Waals surface area contributed by atoms with Crippen LogP contribution in [-0.4, -0.2) is 11.7 Å². The molecule has 1 N–H and O–H groups in total. The van der Waals surface area contributed by atoms with Crippen LogP contribution >= 0.6 is 27.7 Å². The number of amides is 1. The molecule has 122 valence electrons. The van der Waals surface area contributed by atoms with E-state index in [1.165, 1.54) is 11.1 Å². The number of thioether (sulfide) groups is 1. The van der Waals surface area contributed by atoms with Crippen molar-refractivity contribution in [3.05, 3.63) is 57.6 Å². The Balaban J connectivity index is 2.07. The van der Waals surface area contributed by atoms with Crippen LogP contribution < -0.4 is 5.32 Å². The lowest BCUT2D eigenvalue weighted by molar-refractivity contribution is -0.113. The molecule has 2 nitrogen and oxygen atoms in total. The van der Waals surface area contributed by atoms with Crippen LogP contribution in [0.1, 0.15) is 36.5 Å². The molecule has 0 unspecified atom stereocenters. The lowest BCUT2D eigenvalue weighted by Crippen LogP contribution is -2.16. The smallest absolute Gasteiger partial charge is 0.234 e. The Morgan fingerprint density at radius 3 is 2.61 bits per heavy atom. The predicted molar refractivity (Wildman–Crippen MR) is 104 cm³/mol. The summed E-state index contributed by atoms with van der Waals surface area (Å²) in [5, 5.41) is 3.09. The first-order chi connectivity index (χ1) is 10.9. The minimum atomic E-state index is 0.0329. The Morgan fingerprint density at radius 2 is 1.91 bits per heavy atom. The molecule has 0 fully saturated rings. The van der Waals surface area contributed by atoms with Gasteiger partial charge in [-0.1, -0.05) is 54.0 Å². The fraction of sp³-hybridized carbons (Fsp3) is 0.316. The maximum Gasteiger partial charge on any atom is 0.234 e. The van der Waals surface area contributed by atoms with E-state index in [1.54, 1.807) is 11.8 Å². The van der Waals surface area contributed by atoms with Crippen LogP contribution in [0.15, 0.2) is 45.8 Å². The van der Waals surface area contributed by atoms with E-state index >= 15 is 0 Å². The molecular formula is C19H22BrNOS. The van der Waals surface area contributed by atoms with Crippen LogP contribution in [0.5, 0.6) is 0 Å². The molecular weight excluding hydrogens is 370 g/mol. The summed E-state index contributed by atoms with van der Waals surface area (Å²) in [6.45, 7) is 8.38. The summed E-state index contributed by atoms with van der Waals surface area (Å²) in [5.41, 5.74) is 4.43. The summed E-state index contributed by atoms with van der Waals surface area (Å²) in [6.07, 6.45) is 0. The van der Waals surface area contributed by atoms with Crippen molar-refractivity contribution in [3.8, 4) is 0 Å². The summed E-state index contributed by atoms with van der Waals surface area (Å²) in [7, 11) is 0. The molecule has 0 spiro atoms. The van der Waals surface area contributed by atoms with Gasteiger partial charge in [0.05, 0.1) is 5.75 Å². The van der Waals surface area contributed by atoms with Crippen molar-refractivity contribution < 1.29 is 4.79 Å². The van der Waals surface area contributed by atoms with E-state index in [-0.39, 0.29) is 5.91 Å². The van der Waals surface area contributed by atoms with Crippen LogP contribution in [0.4, 0.5) is 5.69 Å². The zero-order valence-corrected chi connectivity index (χ0v) is 16.3. The maximum atomic E-state index is 12.4. The van der Waals surface area contributed by atoms with E-state index in [9.17, 15) is 4.79 Å².